The molecule has 2 unspecified atom stereocenters. The number of rotatable bonds is 5. The van der Waals surface area contributed by atoms with E-state index in [4.69, 9.17) is 17.3 Å². The zero-order valence-electron chi connectivity index (χ0n) is 10.9. The molecule has 2 atom stereocenters. The van der Waals surface area contributed by atoms with Gasteiger partial charge in [-0.05, 0) is 37.0 Å². The van der Waals surface area contributed by atoms with Crippen LogP contribution in [0.5, 0.6) is 0 Å². The standard InChI is InChI=1S/C15H22ClNS/c1-2-14(17)15(18-13-5-3-4-6-13)11-7-9-12(16)10-8-11/h7-10,13-15H,2-6,17H2,1H3. The maximum absolute atomic E-state index is 6.31. The molecule has 2 rings (SSSR count). The molecule has 0 amide bonds. The van der Waals surface area contributed by atoms with Crippen LogP contribution < -0.4 is 5.73 Å². The summed E-state index contributed by atoms with van der Waals surface area (Å²) in [5.41, 5.74) is 7.64. The van der Waals surface area contributed by atoms with E-state index < -0.39 is 0 Å². The van der Waals surface area contributed by atoms with Crippen molar-refractivity contribution < 1.29 is 0 Å². The van der Waals surface area contributed by atoms with Crippen molar-refractivity contribution in [3.8, 4) is 0 Å². The minimum atomic E-state index is 0.233. The number of nitrogens with two attached hydrogens (primary N) is 1. The molecule has 1 aliphatic rings. The van der Waals surface area contributed by atoms with Gasteiger partial charge in [0.15, 0.2) is 0 Å². The van der Waals surface area contributed by atoms with Gasteiger partial charge in [0, 0.05) is 21.6 Å². The number of halogens is 1. The minimum Gasteiger partial charge on any atom is -0.326 e. The number of benzene rings is 1. The Kier molecular flexibility index (Phi) is 5.40. The van der Waals surface area contributed by atoms with Crippen LogP contribution in [0.15, 0.2) is 24.3 Å². The van der Waals surface area contributed by atoms with Crippen molar-refractivity contribution in [1.29, 1.82) is 0 Å². The zero-order valence-corrected chi connectivity index (χ0v) is 12.5. The molecule has 1 saturated carbocycles. The predicted molar refractivity (Wildman–Crippen MR) is 82.3 cm³/mol. The van der Waals surface area contributed by atoms with Crippen molar-refractivity contribution in [2.24, 2.45) is 5.73 Å². The molecule has 3 heteroatoms. The molecule has 0 spiro atoms. The molecule has 0 radical (unpaired) electrons. The second kappa shape index (κ2) is 6.83. The molecule has 0 heterocycles. The third-order valence-corrected chi connectivity index (χ3v) is 5.72. The average Bonchev–Trinajstić information content (AvgIpc) is 2.89. The molecule has 18 heavy (non-hydrogen) atoms. The topological polar surface area (TPSA) is 26.0 Å². The van der Waals surface area contributed by atoms with Gasteiger partial charge in [-0.3, -0.25) is 0 Å². The lowest BCUT2D eigenvalue weighted by atomic mass is 10.0. The Labute approximate surface area is 119 Å². The molecule has 1 fully saturated rings. The van der Waals surface area contributed by atoms with E-state index in [0.717, 1.165) is 16.7 Å². The third-order valence-electron chi connectivity index (χ3n) is 3.70. The van der Waals surface area contributed by atoms with Gasteiger partial charge in [-0.15, -0.1) is 11.8 Å². The van der Waals surface area contributed by atoms with Gasteiger partial charge in [0.25, 0.3) is 0 Å². The summed E-state index contributed by atoms with van der Waals surface area (Å²) < 4.78 is 0. The summed E-state index contributed by atoms with van der Waals surface area (Å²) in [6.07, 6.45) is 6.49. The summed E-state index contributed by atoms with van der Waals surface area (Å²) in [4.78, 5) is 0. The highest BCUT2D eigenvalue weighted by Crippen LogP contribution is 2.41. The van der Waals surface area contributed by atoms with Gasteiger partial charge in [-0.2, -0.15) is 0 Å². The van der Waals surface area contributed by atoms with E-state index in [1.165, 1.54) is 31.2 Å². The fraction of sp³-hybridized carbons (Fsp3) is 0.600. The Morgan fingerprint density at radius 3 is 2.44 bits per heavy atom. The van der Waals surface area contributed by atoms with E-state index in [-0.39, 0.29) is 6.04 Å². The Morgan fingerprint density at radius 1 is 1.28 bits per heavy atom. The highest BCUT2D eigenvalue weighted by atomic mass is 35.5. The summed E-state index contributed by atoms with van der Waals surface area (Å²) in [5.74, 6) is 0. The Hall–Kier alpha value is -0.180. The largest absolute Gasteiger partial charge is 0.326 e. The first kappa shape index (κ1) is 14.2. The SMILES string of the molecule is CCC(N)C(SC1CCCC1)c1ccc(Cl)cc1. The molecule has 0 bridgehead atoms. The smallest absolute Gasteiger partial charge is 0.0451 e. The Morgan fingerprint density at radius 2 is 1.89 bits per heavy atom. The summed E-state index contributed by atoms with van der Waals surface area (Å²) in [5, 5.41) is 2.01. The first-order valence-electron chi connectivity index (χ1n) is 6.87. The molecule has 1 aliphatic carbocycles. The molecule has 100 valence electrons. The fourth-order valence-electron chi connectivity index (χ4n) is 2.52. The molecule has 1 nitrogen and oxygen atoms in total. The van der Waals surface area contributed by atoms with Crippen LogP contribution in [-0.4, -0.2) is 11.3 Å². The first-order valence-corrected chi connectivity index (χ1v) is 8.19. The van der Waals surface area contributed by atoms with Gasteiger partial charge in [-0.25, -0.2) is 0 Å². The third kappa shape index (κ3) is 3.66. The predicted octanol–water partition coefficient (Wildman–Crippen LogP) is 4.79. The Balaban J connectivity index is 2.10. The lowest BCUT2D eigenvalue weighted by Crippen LogP contribution is -2.26. The van der Waals surface area contributed by atoms with E-state index in [1.54, 1.807) is 0 Å². The second-order valence-electron chi connectivity index (χ2n) is 5.09. The highest BCUT2D eigenvalue weighted by Gasteiger charge is 2.25. The van der Waals surface area contributed by atoms with Crippen LogP contribution in [0.3, 0.4) is 0 Å². The van der Waals surface area contributed by atoms with Crippen LogP contribution in [0.25, 0.3) is 0 Å². The van der Waals surface area contributed by atoms with Gasteiger partial charge in [0.2, 0.25) is 0 Å². The molecule has 0 aliphatic heterocycles. The van der Waals surface area contributed by atoms with E-state index in [9.17, 15) is 0 Å². The van der Waals surface area contributed by atoms with Crippen LogP contribution in [0, 0.1) is 0 Å². The molecule has 0 aromatic heterocycles. The minimum absolute atomic E-state index is 0.233. The summed E-state index contributed by atoms with van der Waals surface area (Å²) in [7, 11) is 0. The number of thioether (sulfide) groups is 1. The number of hydrogen-bond acceptors (Lipinski definition) is 2. The van der Waals surface area contributed by atoms with Crippen molar-refractivity contribution in [3.05, 3.63) is 34.9 Å². The van der Waals surface area contributed by atoms with E-state index in [0.29, 0.717) is 5.25 Å². The van der Waals surface area contributed by atoms with Gasteiger partial charge < -0.3 is 5.73 Å². The van der Waals surface area contributed by atoms with Crippen LogP contribution in [-0.2, 0) is 0 Å². The summed E-state index contributed by atoms with van der Waals surface area (Å²) in [6.45, 7) is 2.17. The molecule has 2 N–H and O–H groups in total. The van der Waals surface area contributed by atoms with E-state index >= 15 is 0 Å². The number of hydrogen-bond donors (Lipinski definition) is 1. The zero-order chi connectivity index (χ0) is 13.0. The maximum Gasteiger partial charge on any atom is 0.0451 e. The van der Waals surface area contributed by atoms with Crippen LogP contribution >= 0.6 is 23.4 Å². The lowest BCUT2D eigenvalue weighted by molar-refractivity contribution is 0.631. The summed E-state index contributed by atoms with van der Waals surface area (Å²) >= 11 is 8.04. The Bertz CT molecular complexity index is 359. The van der Waals surface area contributed by atoms with Crippen molar-refractivity contribution in [2.45, 2.75) is 55.6 Å². The molecule has 1 aromatic carbocycles. The molecular weight excluding hydrogens is 262 g/mol. The maximum atomic E-state index is 6.31. The lowest BCUT2D eigenvalue weighted by Gasteiger charge is -2.26. The first-order chi connectivity index (χ1) is 8.70. The quantitative estimate of drug-likeness (QED) is 0.840. The van der Waals surface area contributed by atoms with Crippen LogP contribution in [0.1, 0.15) is 49.8 Å². The van der Waals surface area contributed by atoms with Crippen molar-refractivity contribution in [2.75, 3.05) is 0 Å². The van der Waals surface area contributed by atoms with E-state index in [2.05, 4.69) is 30.8 Å². The molecule has 0 saturated heterocycles. The van der Waals surface area contributed by atoms with Gasteiger partial charge in [0.1, 0.15) is 0 Å². The highest BCUT2D eigenvalue weighted by molar-refractivity contribution is 8.00. The van der Waals surface area contributed by atoms with E-state index in [1.807, 2.05) is 12.1 Å². The molecular formula is C15H22ClNS. The van der Waals surface area contributed by atoms with Gasteiger partial charge in [0.05, 0.1) is 0 Å². The van der Waals surface area contributed by atoms with Crippen molar-refractivity contribution >= 4 is 23.4 Å². The van der Waals surface area contributed by atoms with Crippen LogP contribution in [0.4, 0.5) is 0 Å². The summed E-state index contributed by atoms with van der Waals surface area (Å²) in [6, 6.07) is 8.44. The van der Waals surface area contributed by atoms with Crippen molar-refractivity contribution in [3.63, 3.8) is 0 Å². The fourth-order valence-corrected chi connectivity index (χ4v) is 4.38. The normalized spacial score (nSPS) is 19.9. The second-order valence-corrected chi connectivity index (χ2v) is 6.97. The van der Waals surface area contributed by atoms with Gasteiger partial charge >= 0.3 is 0 Å². The molecule has 1 aromatic rings. The van der Waals surface area contributed by atoms with Gasteiger partial charge in [-0.1, -0.05) is 43.5 Å². The monoisotopic (exact) mass is 283 g/mol. The van der Waals surface area contributed by atoms with Crippen LogP contribution in [0.2, 0.25) is 5.02 Å². The van der Waals surface area contributed by atoms with Crippen molar-refractivity contribution in [1.82, 2.24) is 0 Å². The average molecular weight is 284 g/mol.